The minimum Gasteiger partial charge on any atom is -0.465 e. The van der Waals surface area contributed by atoms with Gasteiger partial charge >= 0.3 is 5.97 Å². The molecule has 27 heavy (non-hydrogen) atoms. The monoisotopic (exact) mass is 371 g/mol. The lowest BCUT2D eigenvalue weighted by molar-refractivity contribution is 0.0600. The van der Waals surface area contributed by atoms with Gasteiger partial charge in [-0.15, -0.1) is 0 Å². The van der Waals surface area contributed by atoms with Crippen molar-refractivity contribution in [3.05, 3.63) is 61.7 Å². The summed E-state index contributed by atoms with van der Waals surface area (Å²) in [6, 6.07) is 3.41. The molecule has 1 heterocycles. The van der Waals surface area contributed by atoms with Gasteiger partial charge in [0, 0.05) is 11.3 Å². The molecule has 0 saturated carbocycles. The first-order valence-corrected chi connectivity index (χ1v) is 8.91. The van der Waals surface area contributed by atoms with Gasteiger partial charge in [-0.2, -0.15) is 0 Å². The maximum absolute atomic E-state index is 12.9. The SMILES string of the molecule is CCc1cc(C(=O)OC)cc(CC)c1NC(=O)c1c(C)oc(C)c(C)c1=O. The molecule has 6 heteroatoms. The van der Waals surface area contributed by atoms with E-state index < -0.39 is 11.9 Å². The smallest absolute Gasteiger partial charge is 0.337 e. The molecule has 0 aliphatic carbocycles. The maximum Gasteiger partial charge on any atom is 0.337 e. The van der Waals surface area contributed by atoms with Crippen LogP contribution in [0.25, 0.3) is 0 Å². The Morgan fingerprint density at radius 3 is 2.07 bits per heavy atom. The van der Waals surface area contributed by atoms with Gasteiger partial charge in [-0.05, 0) is 56.9 Å². The van der Waals surface area contributed by atoms with E-state index in [9.17, 15) is 14.4 Å². The van der Waals surface area contributed by atoms with Gasteiger partial charge < -0.3 is 14.5 Å². The molecule has 0 saturated heterocycles. The molecule has 6 nitrogen and oxygen atoms in total. The second kappa shape index (κ2) is 8.20. The molecule has 1 N–H and O–H groups in total. The number of carbonyl (C=O) groups excluding carboxylic acids is 2. The summed E-state index contributed by atoms with van der Waals surface area (Å²) in [6.07, 6.45) is 1.21. The van der Waals surface area contributed by atoms with Crippen molar-refractivity contribution in [3.63, 3.8) is 0 Å². The highest BCUT2D eigenvalue weighted by Gasteiger charge is 2.21. The van der Waals surface area contributed by atoms with Crippen molar-refractivity contribution in [3.8, 4) is 0 Å². The number of rotatable bonds is 5. The highest BCUT2D eigenvalue weighted by Crippen LogP contribution is 2.26. The Morgan fingerprint density at radius 1 is 1.04 bits per heavy atom. The Morgan fingerprint density at radius 2 is 1.59 bits per heavy atom. The molecule has 1 amide bonds. The molecule has 1 aromatic carbocycles. The van der Waals surface area contributed by atoms with Crippen LogP contribution >= 0.6 is 0 Å². The highest BCUT2D eigenvalue weighted by molar-refractivity contribution is 6.06. The summed E-state index contributed by atoms with van der Waals surface area (Å²) < 4.78 is 10.3. The van der Waals surface area contributed by atoms with E-state index in [1.807, 2.05) is 13.8 Å². The standard InChI is InChI=1S/C21H25NO5/c1-7-14-9-16(21(25)26-6)10-15(8-2)18(14)22-20(24)17-13(5)27-12(4)11(3)19(17)23/h9-10H,7-8H2,1-6H3,(H,22,24). The van der Waals surface area contributed by atoms with E-state index in [0.29, 0.717) is 35.4 Å². The average Bonchev–Trinajstić information content (AvgIpc) is 2.65. The summed E-state index contributed by atoms with van der Waals surface area (Å²) in [6.45, 7) is 8.80. The summed E-state index contributed by atoms with van der Waals surface area (Å²) in [5, 5.41) is 2.86. The second-order valence-corrected chi connectivity index (χ2v) is 6.37. The van der Waals surface area contributed by atoms with Crippen LogP contribution in [-0.4, -0.2) is 19.0 Å². The molecule has 144 valence electrons. The maximum atomic E-state index is 12.9. The summed E-state index contributed by atoms with van der Waals surface area (Å²) in [5.41, 5.74) is 2.73. The number of benzene rings is 1. The van der Waals surface area contributed by atoms with E-state index in [2.05, 4.69) is 5.32 Å². The third-order valence-corrected chi connectivity index (χ3v) is 4.70. The molecular formula is C21H25NO5. The summed E-state index contributed by atoms with van der Waals surface area (Å²) >= 11 is 0. The minimum absolute atomic E-state index is 0.000694. The molecule has 0 aliphatic rings. The lowest BCUT2D eigenvalue weighted by Crippen LogP contribution is -2.26. The van der Waals surface area contributed by atoms with Crippen molar-refractivity contribution < 1.29 is 18.7 Å². The number of amides is 1. The lowest BCUT2D eigenvalue weighted by Gasteiger charge is -2.17. The Bertz CT molecular complexity index is 931. The van der Waals surface area contributed by atoms with Crippen LogP contribution in [0.2, 0.25) is 0 Å². The summed E-state index contributed by atoms with van der Waals surface area (Å²) in [4.78, 5) is 37.3. The molecule has 0 spiro atoms. The van der Waals surface area contributed by atoms with Crippen LogP contribution in [0.4, 0.5) is 5.69 Å². The van der Waals surface area contributed by atoms with Crippen molar-refractivity contribution in [2.24, 2.45) is 0 Å². The number of aryl methyl sites for hydroxylation is 4. The topological polar surface area (TPSA) is 85.6 Å². The number of ether oxygens (including phenoxy) is 1. The number of nitrogens with one attached hydrogen (secondary N) is 1. The number of hydrogen-bond donors (Lipinski definition) is 1. The normalized spacial score (nSPS) is 10.6. The van der Waals surface area contributed by atoms with Gasteiger partial charge in [-0.1, -0.05) is 13.8 Å². The van der Waals surface area contributed by atoms with Crippen LogP contribution in [0.15, 0.2) is 21.3 Å². The largest absolute Gasteiger partial charge is 0.465 e. The number of methoxy groups -OCH3 is 1. The first-order chi connectivity index (χ1) is 12.7. The predicted molar refractivity (Wildman–Crippen MR) is 104 cm³/mol. The van der Waals surface area contributed by atoms with Crippen LogP contribution < -0.4 is 10.7 Å². The fourth-order valence-electron chi connectivity index (χ4n) is 3.03. The molecule has 0 aliphatic heterocycles. The van der Waals surface area contributed by atoms with Gasteiger partial charge in [0.15, 0.2) is 0 Å². The zero-order chi connectivity index (χ0) is 20.3. The van der Waals surface area contributed by atoms with E-state index in [1.165, 1.54) is 7.11 Å². The van der Waals surface area contributed by atoms with Gasteiger partial charge in [0.25, 0.3) is 5.91 Å². The minimum atomic E-state index is -0.514. The van der Waals surface area contributed by atoms with Crippen molar-refractivity contribution in [1.82, 2.24) is 0 Å². The molecule has 0 fully saturated rings. The van der Waals surface area contributed by atoms with Gasteiger partial charge in [0.2, 0.25) is 5.43 Å². The Hall–Kier alpha value is -2.89. The molecule has 2 rings (SSSR count). The van der Waals surface area contributed by atoms with E-state index >= 15 is 0 Å². The fourth-order valence-corrected chi connectivity index (χ4v) is 3.03. The van der Waals surface area contributed by atoms with Gasteiger partial charge in [0.1, 0.15) is 17.1 Å². The van der Waals surface area contributed by atoms with E-state index in [4.69, 9.17) is 9.15 Å². The van der Waals surface area contributed by atoms with Crippen LogP contribution in [0, 0.1) is 20.8 Å². The van der Waals surface area contributed by atoms with Gasteiger partial charge in [-0.25, -0.2) is 4.79 Å². The third-order valence-electron chi connectivity index (χ3n) is 4.70. The zero-order valence-corrected chi connectivity index (χ0v) is 16.6. The average molecular weight is 371 g/mol. The Balaban J connectivity index is 2.54. The highest BCUT2D eigenvalue weighted by atomic mass is 16.5. The van der Waals surface area contributed by atoms with Crippen molar-refractivity contribution >= 4 is 17.6 Å². The third kappa shape index (κ3) is 3.94. The first-order valence-electron chi connectivity index (χ1n) is 8.91. The quantitative estimate of drug-likeness (QED) is 0.810. The molecule has 0 atom stereocenters. The van der Waals surface area contributed by atoms with Crippen LogP contribution in [0.3, 0.4) is 0 Å². The molecule has 1 aromatic heterocycles. The lowest BCUT2D eigenvalue weighted by atomic mass is 9.98. The van der Waals surface area contributed by atoms with Crippen molar-refractivity contribution in [2.45, 2.75) is 47.5 Å². The van der Waals surface area contributed by atoms with Crippen molar-refractivity contribution in [2.75, 3.05) is 12.4 Å². The fraction of sp³-hybridized carbons (Fsp3) is 0.381. The summed E-state index contributed by atoms with van der Waals surface area (Å²) in [5.74, 6) is -0.162. The Labute approximate surface area is 158 Å². The van der Waals surface area contributed by atoms with Crippen LogP contribution in [0.1, 0.15) is 62.8 Å². The van der Waals surface area contributed by atoms with Crippen molar-refractivity contribution in [1.29, 1.82) is 0 Å². The van der Waals surface area contributed by atoms with E-state index in [-0.39, 0.29) is 16.8 Å². The zero-order valence-electron chi connectivity index (χ0n) is 16.6. The van der Waals surface area contributed by atoms with E-state index in [0.717, 1.165) is 11.1 Å². The predicted octanol–water partition coefficient (Wildman–Crippen LogP) is 3.73. The molecule has 0 bridgehead atoms. The van der Waals surface area contributed by atoms with Gasteiger partial charge in [-0.3, -0.25) is 9.59 Å². The first kappa shape index (κ1) is 20.4. The number of esters is 1. The second-order valence-electron chi connectivity index (χ2n) is 6.37. The molecule has 0 unspecified atom stereocenters. The molecule has 2 aromatic rings. The molecule has 0 radical (unpaired) electrons. The van der Waals surface area contributed by atoms with Gasteiger partial charge in [0.05, 0.1) is 12.7 Å². The number of anilines is 1. The number of carbonyl (C=O) groups is 2. The van der Waals surface area contributed by atoms with Crippen LogP contribution in [-0.2, 0) is 17.6 Å². The summed E-state index contributed by atoms with van der Waals surface area (Å²) in [7, 11) is 1.33. The van der Waals surface area contributed by atoms with Crippen LogP contribution in [0.5, 0.6) is 0 Å². The Kier molecular flexibility index (Phi) is 6.20. The number of hydrogen-bond acceptors (Lipinski definition) is 5. The molecular weight excluding hydrogens is 346 g/mol. The van der Waals surface area contributed by atoms with E-state index in [1.54, 1.807) is 32.9 Å².